The fourth-order valence-electron chi connectivity index (χ4n) is 0.794. The van der Waals surface area contributed by atoms with Gasteiger partial charge in [-0.25, -0.2) is 0 Å². The monoisotopic (exact) mass is 294 g/mol. The highest BCUT2D eigenvalue weighted by molar-refractivity contribution is 9.24. The van der Waals surface area contributed by atoms with Crippen molar-refractivity contribution in [3.8, 4) is 0 Å². The summed E-state index contributed by atoms with van der Waals surface area (Å²) in [4.78, 5) is 0. The van der Waals surface area contributed by atoms with Crippen LogP contribution < -0.4 is 0 Å². The number of hydrogen-bond acceptors (Lipinski definition) is 2. The normalized spacial score (nSPS) is 13.3. The van der Waals surface area contributed by atoms with Gasteiger partial charge in [0.1, 0.15) is 0 Å². The van der Waals surface area contributed by atoms with E-state index in [0.29, 0.717) is 0 Å². The van der Waals surface area contributed by atoms with E-state index in [1.54, 1.807) is 12.1 Å². The van der Waals surface area contributed by atoms with Gasteiger partial charge in [0.05, 0.1) is 0 Å². The van der Waals surface area contributed by atoms with Crippen LogP contribution in [0.1, 0.15) is 11.9 Å². The van der Waals surface area contributed by atoms with Crippen LogP contribution in [-0.2, 0) is 4.74 Å². The third-order valence-corrected chi connectivity index (χ3v) is 1.75. The van der Waals surface area contributed by atoms with Gasteiger partial charge < -0.3 is 9.84 Å². The van der Waals surface area contributed by atoms with E-state index in [1.807, 2.05) is 18.2 Å². The highest BCUT2D eigenvalue weighted by Gasteiger charge is 2.09. The highest BCUT2D eigenvalue weighted by atomic mass is 79.9. The molecule has 0 radical (unpaired) electrons. The van der Waals surface area contributed by atoms with E-state index < -0.39 is 6.29 Å². The van der Waals surface area contributed by atoms with Gasteiger partial charge in [0.15, 0.2) is 10.2 Å². The predicted molar refractivity (Wildman–Crippen MR) is 54.1 cm³/mol. The van der Waals surface area contributed by atoms with E-state index >= 15 is 0 Å². The summed E-state index contributed by atoms with van der Waals surface area (Å²) < 4.78 is 4.69. The lowest BCUT2D eigenvalue weighted by Crippen LogP contribution is -2.05. The van der Waals surface area contributed by atoms with Crippen LogP contribution in [-0.4, -0.2) is 9.03 Å². The number of halogens is 2. The number of rotatable bonds is 3. The molecule has 0 saturated carbocycles. The number of aliphatic hydroxyl groups is 1. The second-order valence-corrected chi connectivity index (χ2v) is 5.05. The minimum absolute atomic E-state index is 0.333. The fourth-order valence-corrected chi connectivity index (χ4v) is 1.20. The third-order valence-electron chi connectivity index (χ3n) is 1.32. The zero-order valence-electron chi connectivity index (χ0n) is 6.15. The minimum atomic E-state index is -0.894. The topological polar surface area (TPSA) is 29.5 Å². The Balaban J connectivity index is 2.59. The van der Waals surface area contributed by atoms with Crippen molar-refractivity contribution in [1.82, 2.24) is 0 Å². The van der Waals surface area contributed by atoms with Gasteiger partial charge >= 0.3 is 0 Å². The van der Waals surface area contributed by atoms with Crippen molar-refractivity contribution in [2.24, 2.45) is 0 Å². The van der Waals surface area contributed by atoms with Crippen molar-refractivity contribution in [1.29, 1.82) is 0 Å². The average Bonchev–Trinajstić information content (AvgIpc) is 2.05. The van der Waals surface area contributed by atoms with Gasteiger partial charge in [0.2, 0.25) is 0 Å². The maximum Gasteiger partial charge on any atom is 0.183 e. The summed E-state index contributed by atoms with van der Waals surface area (Å²) >= 11 is 6.21. The SMILES string of the molecule is OC(OC(Br)Br)c1ccccc1. The Morgan fingerprint density at radius 3 is 2.25 bits per heavy atom. The maximum absolute atomic E-state index is 9.41. The molecule has 1 aromatic rings. The molecule has 0 amide bonds. The van der Waals surface area contributed by atoms with Crippen molar-refractivity contribution in [2.75, 3.05) is 0 Å². The first kappa shape index (κ1) is 10.2. The van der Waals surface area contributed by atoms with Gasteiger partial charge in [-0.2, -0.15) is 0 Å². The van der Waals surface area contributed by atoms with E-state index in [1.165, 1.54) is 0 Å². The largest absolute Gasteiger partial charge is 0.364 e. The lowest BCUT2D eigenvalue weighted by atomic mass is 10.2. The van der Waals surface area contributed by atoms with Crippen LogP contribution in [0.3, 0.4) is 0 Å². The molecule has 0 aromatic heterocycles. The molecule has 0 aliphatic rings. The Kier molecular flexibility index (Phi) is 4.21. The van der Waals surface area contributed by atoms with Crippen molar-refractivity contribution in [2.45, 2.75) is 10.2 Å². The molecule has 1 aromatic carbocycles. The molecule has 2 nitrogen and oxygen atoms in total. The Morgan fingerprint density at radius 1 is 1.17 bits per heavy atom. The maximum atomic E-state index is 9.41. The van der Waals surface area contributed by atoms with Gasteiger partial charge in [0.25, 0.3) is 0 Å². The van der Waals surface area contributed by atoms with Gasteiger partial charge in [-0.05, 0) is 31.9 Å². The zero-order chi connectivity index (χ0) is 8.97. The van der Waals surface area contributed by atoms with E-state index in [0.717, 1.165) is 5.56 Å². The Morgan fingerprint density at radius 2 is 1.75 bits per heavy atom. The van der Waals surface area contributed by atoms with Gasteiger partial charge in [-0.15, -0.1) is 0 Å². The number of alkyl halides is 2. The van der Waals surface area contributed by atoms with Crippen LogP contribution in [0.15, 0.2) is 30.3 Å². The number of benzene rings is 1. The van der Waals surface area contributed by atoms with Gasteiger partial charge in [-0.3, -0.25) is 0 Å². The molecule has 0 saturated heterocycles. The van der Waals surface area contributed by atoms with Crippen LogP contribution in [0.2, 0.25) is 0 Å². The van der Waals surface area contributed by atoms with E-state index in [-0.39, 0.29) is 3.92 Å². The summed E-state index contributed by atoms with van der Waals surface area (Å²) in [6.45, 7) is 0. The fraction of sp³-hybridized carbons (Fsp3) is 0.250. The van der Waals surface area contributed by atoms with Gasteiger partial charge in [0, 0.05) is 5.56 Å². The predicted octanol–water partition coefficient (Wildman–Crippen LogP) is 2.77. The number of aliphatic hydroxyl groups excluding tert-OH is 1. The van der Waals surface area contributed by atoms with Crippen LogP contribution in [0.4, 0.5) is 0 Å². The number of ether oxygens (including phenoxy) is 1. The van der Waals surface area contributed by atoms with Gasteiger partial charge in [-0.1, -0.05) is 30.3 Å². The lowest BCUT2D eigenvalue weighted by molar-refractivity contribution is -0.0894. The summed E-state index contributed by atoms with van der Waals surface area (Å²) in [6.07, 6.45) is -0.894. The second-order valence-electron chi connectivity index (χ2n) is 2.16. The van der Waals surface area contributed by atoms with Crippen LogP contribution in [0, 0.1) is 0 Å². The Labute approximate surface area is 87.8 Å². The standard InChI is InChI=1S/C8H8Br2O2/c9-8(10)12-7(11)6-4-2-1-3-5-6/h1-5,7-8,11H. The molecule has 0 spiro atoms. The summed E-state index contributed by atoms with van der Waals surface area (Å²) in [6, 6.07) is 9.18. The Hall–Kier alpha value is 0.1000. The molecule has 0 aliphatic carbocycles. The van der Waals surface area contributed by atoms with Crippen molar-refractivity contribution >= 4 is 31.9 Å². The first-order valence-corrected chi connectivity index (χ1v) is 5.20. The van der Waals surface area contributed by atoms with Crippen LogP contribution >= 0.6 is 31.9 Å². The molecular weight excluding hydrogens is 288 g/mol. The van der Waals surface area contributed by atoms with Crippen LogP contribution in [0.25, 0.3) is 0 Å². The summed E-state index contributed by atoms with van der Waals surface area (Å²) in [5, 5.41) is 9.41. The van der Waals surface area contributed by atoms with E-state index in [2.05, 4.69) is 31.9 Å². The number of hydrogen-bond donors (Lipinski definition) is 1. The molecule has 1 N–H and O–H groups in total. The molecule has 12 heavy (non-hydrogen) atoms. The molecule has 0 aliphatic heterocycles. The molecule has 66 valence electrons. The molecule has 0 bridgehead atoms. The molecular formula is C8H8Br2O2. The lowest BCUT2D eigenvalue weighted by Gasteiger charge is -2.12. The van der Waals surface area contributed by atoms with Crippen molar-refractivity contribution in [3.63, 3.8) is 0 Å². The summed E-state index contributed by atoms with van der Waals surface area (Å²) in [7, 11) is 0. The van der Waals surface area contributed by atoms with Crippen molar-refractivity contribution in [3.05, 3.63) is 35.9 Å². The quantitative estimate of drug-likeness (QED) is 0.686. The molecule has 1 rings (SSSR count). The first-order valence-electron chi connectivity index (χ1n) is 3.37. The van der Waals surface area contributed by atoms with E-state index in [9.17, 15) is 5.11 Å². The summed E-state index contributed by atoms with van der Waals surface area (Å²) in [5.41, 5.74) is 0.737. The first-order chi connectivity index (χ1) is 5.70. The third kappa shape index (κ3) is 3.23. The average molecular weight is 296 g/mol. The van der Waals surface area contributed by atoms with E-state index in [4.69, 9.17) is 4.74 Å². The van der Waals surface area contributed by atoms with Crippen LogP contribution in [0.5, 0.6) is 0 Å². The van der Waals surface area contributed by atoms with Crippen molar-refractivity contribution < 1.29 is 9.84 Å². The minimum Gasteiger partial charge on any atom is -0.364 e. The smallest absolute Gasteiger partial charge is 0.183 e. The molecule has 0 fully saturated rings. The molecule has 1 unspecified atom stereocenters. The molecule has 1 atom stereocenters. The summed E-state index contributed by atoms with van der Waals surface area (Å²) in [5.74, 6) is 0. The molecule has 0 heterocycles. The zero-order valence-corrected chi connectivity index (χ0v) is 9.32. The molecule has 4 heteroatoms. The highest BCUT2D eigenvalue weighted by Crippen LogP contribution is 2.20. The Bertz CT molecular complexity index is 226. The second kappa shape index (κ2) is 4.97.